The van der Waals surface area contributed by atoms with E-state index in [0.29, 0.717) is 31.1 Å². The number of hydrogen-bond donors (Lipinski definition) is 1. The molecule has 0 spiro atoms. The Balaban J connectivity index is 1.50. The van der Waals surface area contributed by atoms with Crippen molar-refractivity contribution < 1.29 is 9.59 Å². The molecule has 1 fully saturated rings. The molecule has 154 valence electrons. The number of nitrogens with zero attached hydrogens (tertiary/aromatic N) is 5. The van der Waals surface area contributed by atoms with Crippen molar-refractivity contribution in [1.82, 2.24) is 30.0 Å². The molecular formula is C21H28N6O2. The van der Waals surface area contributed by atoms with Crippen molar-refractivity contribution in [2.45, 2.75) is 65.0 Å². The largest absolute Gasteiger partial charge is 0.333 e. The fourth-order valence-corrected chi connectivity index (χ4v) is 4.15. The van der Waals surface area contributed by atoms with E-state index in [1.165, 1.54) is 0 Å². The predicted molar refractivity (Wildman–Crippen MR) is 107 cm³/mol. The van der Waals surface area contributed by atoms with Crippen LogP contribution in [0.15, 0.2) is 12.3 Å². The van der Waals surface area contributed by atoms with Crippen molar-refractivity contribution in [2.75, 3.05) is 13.1 Å². The maximum Gasteiger partial charge on any atom is 0.274 e. The van der Waals surface area contributed by atoms with E-state index in [9.17, 15) is 9.59 Å². The Morgan fingerprint density at radius 1 is 1.24 bits per heavy atom. The lowest BCUT2D eigenvalue weighted by molar-refractivity contribution is -0.132. The average Bonchev–Trinajstić information content (AvgIpc) is 3.23. The first-order chi connectivity index (χ1) is 13.9. The van der Waals surface area contributed by atoms with Crippen LogP contribution in [-0.4, -0.2) is 54.9 Å². The normalized spacial score (nSPS) is 19.4. The number of hydrogen-bond acceptors (Lipinski definition) is 5. The molecule has 1 atom stereocenters. The summed E-state index contributed by atoms with van der Waals surface area (Å²) < 4.78 is 0. The Kier molecular flexibility index (Phi) is 5.34. The molecule has 4 heterocycles. The molecule has 1 saturated heterocycles. The number of rotatable bonds is 3. The summed E-state index contributed by atoms with van der Waals surface area (Å²) >= 11 is 0. The van der Waals surface area contributed by atoms with Crippen LogP contribution >= 0.6 is 0 Å². The fourth-order valence-electron chi connectivity index (χ4n) is 4.15. The van der Waals surface area contributed by atoms with Gasteiger partial charge in [-0.3, -0.25) is 14.7 Å². The highest BCUT2D eigenvalue weighted by molar-refractivity contribution is 5.92. The van der Waals surface area contributed by atoms with Gasteiger partial charge in [0.2, 0.25) is 5.91 Å². The fraction of sp³-hybridized carbons (Fsp3) is 0.571. The SMILES string of the molecule is CC(=O)N1CCCC[C@H]1c1ncc2c(n1)CCN(C(=O)c1cc(C(C)C)[nH]n1)C2. The van der Waals surface area contributed by atoms with Gasteiger partial charge in [-0.2, -0.15) is 5.10 Å². The lowest BCUT2D eigenvalue weighted by atomic mass is 10.0. The van der Waals surface area contributed by atoms with Crippen LogP contribution in [0.2, 0.25) is 0 Å². The van der Waals surface area contributed by atoms with E-state index in [1.54, 1.807) is 11.8 Å². The summed E-state index contributed by atoms with van der Waals surface area (Å²) in [4.78, 5) is 37.9. The van der Waals surface area contributed by atoms with Gasteiger partial charge in [0.05, 0.1) is 11.7 Å². The number of amides is 2. The Bertz CT molecular complexity index is 922. The van der Waals surface area contributed by atoms with Crippen molar-refractivity contribution in [2.24, 2.45) is 0 Å². The van der Waals surface area contributed by atoms with Crippen molar-refractivity contribution in [1.29, 1.82) is 0 Å². The second-order valence-corrected chi connectivity index (χ2v) is 8.26. The Morgan fingerprint density at radius 2 is 2.07 bits per heavy atom. The first-order valence-corrected chi connectivity index (χ1v) is 10.4. The molecule has 0 aliphatic carbocycles. The number of likely N-dealkylation sites (tertiary alicyclic amines) is 1. The minimum absolute atomic E-state index is 0.0373. The van der Waals surface area contributed by atoms with Gasteiger partial charge in [-0.25, -0.2) is 9.97 Å². The molecule has 4 rings (SSSR count). The van der Waals surface area contributed by atoms with E-state index >= 15 is 0 Å². The second kappa shape index (κ2) is 7.93. The van der Waals surface area contributed by atoms with Gasteiger partial charge in [-0.05, 0) is 31.2 Å². The predicted octanol–water partition coefficient (Wildman–Crippen LogP) is 2.60. The van der Waals surface area contributed by atoms with Crippen LogP contribution in [0.3, 0.4) is 0 Å². The molecule has 2 aromatic heterocycles. The lowest BCUT2D eigenvalue weighted by Gasteiger charge is -2.34. The van der Waals surface area contributed by atoms with E-state index in [2.05, 4.69) is 29.0 Å². The first-order valence-electron chi connectivity index (χ1n) is 10.4. The Labute approximate surface area is 170 Å². The quantitative estimate of drug-likeness (QED) is 0.860. The second-order valence-electron chi connectivity index (χ2n) is 8.26. The third kappa shape index (κ3) is 3.88. The number of carbonyl (C=O) groups excluding carboxylic acids is 2. The molecule has 2 aromatic rings. The van der Waals surface area contributed by atoms with Crippen LogP contribution in [0.4, 0.5) is 0 Å². The van der Waals surface area contributed by atoms with Crippen LogP contribution in [-0.2, 0) is 17.8 Å². The molecular weight excluding hydrogens is 368 g/mol. The van der Waals surface area contributed by atoms with Crippen LogP contribution in [0.5, 0.6) is 0 Å². The monoisotopic (exact) mass is 396 g/mol. The molecule has 0 aromatic carbocycles. The molecule has 2 aliphatic rings. The van der Waals surface area contributed by atoms with Gasteiger partial charge in [0.25, 0.3) is 5.91 Å². The Hall–Kier alpha value is -2.77. The number of nitrogens with one attached hydrogen (secondary N) is 1. The molecule has 29 heavy (non-hydrogen) atoms. The summed E-state index contributed by atoms with van der Waals surface area (Å²) in [6.45, 7) is 7.60. The van der Waals surface area contributed by atoms with Gasteiger partial charge in [-0.15, -0.1) is 0 Å². The zero-order valence-corrected chi connectivity index (χ0v) is 17.3. The van der Waals surface area contributed by atoms with E-state index in [-0.39, 0.29) is 17.9 Å². The highest BCUT2D eigenvalue weighted by Crippen LogP contribution is 2.30. The van der Waals surface area contributed by atoms with Crippen LogP contribution in [0.25, 0.3) is 0 Å². The molecule has 0 radical (unpaired) electrons. The van der Waals surface area contributed by atoms with E-state index in [4.69, 9.17) is 4.98 Å². The van der Waals surface area contributed by atoms with Gasteiger partial charge in [-0.1, -0.05) is 13.8 Å². The summed E-state index contributed by atoms with van der Waals surface area (Å²) in [7, 11) is 0. The van der Waals surface area contributed by atoms with Crippen LogP contribution < -0.4 is 0 Å². The number of fused-ring (bicyclic) bond motifs is 1. The van der Waals surface area contributed by atoms with Crippen molar-refractivity contribution >= 4 is 11.8 Å². The van der Waals surface area contributed by atoms with Gasteiger partial charge < -0.3 is 9.80 Å². The molecule has 2 amide bonds. The van der Waals surface area contributed by atoms with Crippen LogP contribution in [0, 0.1) is 0 Å². The Morgan fingerprint density at radius 3 is 2.79 bits per heavy atom. The minimum atomic E-state index is -0.0714. The summed E-state index contributed by atoms with van der Waals surface area (Å²) in [5, 5.41) is 7.13. The molecule has 1 N–H and O–H groups in total. The number of H-pyrrole nitrogens is 1. The van der Waals surface area contributed by atoms with Crippen LogP contribution in [0.1, 0.15) is 85.3 Å². The number of carbonyl (C=O) groups is 2. The molecule has 8 heteroatoms. The third-order valence-electron chi connectivity index (χ3n) is 5.88. The first kappa shape index (κ1) is 19.5. The molecule has 2 aliphatic heterocycles. The van der Waals surface area contributed by atoms with Crippen molar-refractivity contribution in [3.8, 4) is 0 Å². The lowest BCUT2D eigenvalue weighted by Crippen LogP contribution is -2.39. The standard InChI is InChI=1S/C21H28N6O2/c1-13(2)17-10-18(25-24-17)21(29)26-9-7-16-15(12-26)11-22-20(23-16)19-6-4-5-8-27(19)14(3)28/h10-11,13,19H,4-9,12H2,1-3H3,(H,24,25)/t19-/m0/s1. The minimum Gasteiger partial charge on any atom is -0.333 e. The number of aromatic nitrogens is 4. The summed E-state index contributed by atoms with van der Waals surface area (Å²) in [6.07, 6.45) is 5.53. The number of piperidine rings is 1. The third-order valence-corrected chi connectivity index (χ3v) is 5.88. The van der Waals surface area contributed by atoms with Gasteiger partial charge in [0.1, 0.15) is 5.69 Å². The van der Waals surface area contributed by atoms with Crippen molar-refractivity contribution in [3.63, 3.8) is 0 Å². The summed E-state index contributed by atoms with van der Waals surface area (Å²) in [6, 6.07) is 1.80. The maximum atomic E-state index is 12.8. The summed E-state index contributed by atoms with van der Waals surface area (Å²) in [5.74, 6) is 1.03. The van der Waals surface area contributed by atoms with Gasteiger partial charge in [0, 0.05) is 50.4 Å². The highest BCUT2D eigenvalue weighted by Gasteiger charge is 2.30. The summed E-state index contributed by atoms with van der Waals surface area (Å²) in [5.41, 5.74) is 3.37. The van der Waals surface area contributed by atoms with Crippen molar-refractivity contribution in [3.05, 3.63) is 40.7 Å². The molecule has 0 unspecified atom stereocenters. The van der Waals surface area contributed by atoms with E-state index in [0.717, 1.165) is 48.6 Å². The smallest absolute Gasteiger partial charge is 0.274 e. The molecule has 0 bridgehead atoms. The zero-order chi connectivity index (χ0) is 20.5. The number of aromatic amines is 1. The molecule has 0 saturated carbocycles. The maximum absolute atomic E-state index is 12.8. The van der Waals surface area contributed by atoms with E-state index in [1.807, 2.05) is 17.2 Å². The average molecular weight is 396 g/mol. The topological polar surface area (TPSA) is 95.1 Å². The zero-order valence-electron chi connectivity index (χ0n) is 17.3. The van der Waals surface area contributed by atoms with Gasteiger partial charge in [0.15, 0.2) is 5.82 Å². The van der Waals surface area contributed by atoms with Gasteiger partial charge >= 0.3 is 0 Å². The molecule has 8 nitrogen and oxygen atoms in total. The van der Waals surface area contributed by atoms with E-state index < -0.39 is 0 Å². The highest BCUT2D eigenvalue weighted by atomic mass is 16.2.